The third kappa shape index (κ3) is 7.38. The van der Waals surface area contributed by atoms with Gasteiger partial charge < -0.3 is 10.4 Å². The van der Waals surface area contributed by atoms with Gasteiger partial charge in [-0.3, -0.25) is 4.68 Å². The van der Waals surface area contributed by atoms with Gasteiger partial charge in [0.15, 0.2) is 0 Å². The molecular formula is C10H20N4O3S. The van der Waals surface area contributed by atoms with Crippen molar-refractivity contribution in [3.63, 3.8) is 0 Å². The predicted octanol–water partition coefficient (Wildman–Crippen LogP) is -1.23. The molecule has 1 atom stereocenters. The molecule has 3 N–H and O–H groups in total. The van der Waals surface area contributed by atoms with Gasteiger partial charge in [-0.2, -0.15) is 5.10 Å². The second kappa shape index (κ2) is 7.47. The van der Waals surface area contributed by atoms with Crippen molar-refractivity contribution in [2.45, 2.75) is 19.1 Å². The molecule has 1 heterocycles. The molecule has 1 aromatic rings. The van der Waals surface area contributed by atoms with Gasteiger partial charge in [-0.1, -0.05) is 0 Å². The highest BCUT2D eigenvalue weighted by atomic mass is 32.2. The van der Waals surface area contributed by atoms with Crippen LogP contribution < -0.4 is 10.0 Å². The van der Waals surface area contributed by atoms with Crippen LogP contribution in [0.3, 0.4) is 0 Å². The topological polar surface area (TPSA) is 96.3 Å². The van der Waals surface area contributed by atoms with E-state index in [-0.39, 0.29) is 0 Å². The third-order valence-corrected chi connectivity index (χ3v) is 2.96. The quantitative estimate of drug-likeness (QED) is 0.491. The molecule has 8 heteroatoms. The van der Waals surface area contributed by atoms with Gasteiger partial charge in [-0.05, 0) is 19.0 Å². The van der Waals surface area contributed by atoms with Gasteiger partial charge in [0, 0.05) is 25.5 Å². The highest BCUT2D eigenvalue weighted by molar-refractivity contribution is 7.88. The van der Waals surface area contributed by atoms with Gasteiger partial charge >= 0.3 is 0 Å². The second-order valence-corrected chi connectivity index (χ2v) is 5.94. The summed E-state index contributed by atoms with van der Waals surface area (Å²) in [6, 6.07) is 1.80. The Labute approximate surface area is 107 Å². The molecule has 0 radical (unpaired) electrons. The van der Waals surface area contributed by atoms with E-state index >= 15 is 0 Å². The molecule has 18 heavy (non-hydrogen) atoms. The van der Waals surface area contributed by atoms with E-state index in [1.165, 1.54) is 0 Å². The number of aliphatic hydroxyl groups excluding tert-OH is 1. The Balaban J connectivity index is 2.01. The van der Waals surface area contributed by atoms with Crippen LogP contribution in [0.15, 0.2) is 18.5 Å². The maximum atomic E-state index is 10.8. The maximum Gasteiger partial charge on any atom is 0.208 e. The van der Waals surface area contributed by atoms with Crippen LogP contribution in [0.1, 0.15) is 6.42 Å². The Bertz CT molecular complexity index is 418. The average molecular weight is 276 g/mol. The number of aromatic nitrogens is 2. The van der Waals surface area contributed by atoms with Crippen LogP contribution in [0.5, 0.6) is 0 Å². The van der Waals surface area contributed by atoms with E-state index in [0.717, 1.165) is 6.26 Å². The molecule has 0 aliphatic carbocycles. The lowest BCUT2D eigenvalue weighted by molar-refractivity contribution is 0.147. The van der Waals surface area contributed by atoms with E-state index in [1.807, 2.05) is 0 Å². The lowest BCUT2D eigenvalue weighted by Gasteiger charge is -2.11. The molecule has 7 nitrogen and oxygen atoms in total. The lowest BCUT2D eigenvalue weighted by Crippen LogP contribution is -2.32. The van der Waals surface area contributed by atoms with E-state index in [1.54, 1.807) is 23.1 Å². The fraction of sp³-hybridized carbons (Fsp3) is 0.700. The largest absolute Gasteiger partial charge is 0.390 e. The monoisotopic (exact) mass is 276 g/mol. The molecule has 0 aromatic carbocycles. The highest BCUT2D eigenvalue weighted by Crippen LogP contribution is 1.90. The minimum Gasteiger partial charge on any atom is -0.390 e. The Morgan fingerprint density at radius 1 is 1.44 bits per heavy atom. The van der Waals surface area contributed by atoms with Crippen molar-refractivity contribution >= 4 is 10.0 Å². The number of hydrogen-bond acceptors (Lipinski definition) is 5. The van der Waals surface area contributed by atoms with Crippen molar-refractivity contribution in [1.82, 2.24) is 19.8 Å². The van der Waals surface area contributed by atoms with E-state index in [4.69, 9.17) is 0 Å². The fourth-order valence-electron chi connectivity index (χ4n) is 1.43. The standard InChI is InChI=1S/C10H20N4O3S/c1-18(16,17)13-6-2-4-11-8-10(15)9-14-7-3-5-12-14/h3,5,7,10-11,13,15H,2,4,6,8-9H2,1H3. The molecule has 0 aliphatic rings. The summed E-state index contributed by atoms with van der Waals surface area (Å²) in [6.45, 7) is 1.96. The summed E-state index contributed by atoms with van der Waals surface area (Å²) in [6.07, 6.45) is 4.76. The Morgan fingerprint density at radius 2 is 2.22 bits per heavy atom. The van der Waals surface area contributed by atoms with Crippen molar-refractivity contribution in [3.05, 3.63) is 18.5 Å². The van der Waals surface area contributed by atoms with Crippen LogP contribution in [0, 0.1) is 0 Å². The van der Waals surface area contributed by atoms with E-state index in [2.05, 4.69) is 15.1 Å². The minimum absolute atomic E-state index is 0.404. The number of nitrogens with one attached hydrogen (secondary N) is 2. The molecule has 0 saturated carbocycles. The molecule has 0 spiro atoms. The maximum absolute atomic E-state index is 10.8. The summed E-state index contributed by atoms with van der Waals surface area (Å²) in [5.74, 6) is 0. The fourth-order valence-corrected chi connectivity index (χ4v) is 1.94. The summed E-state index contributed by atoms with van der Waals surface area (Å²) < 4.78 is 25.6. The zero-order valence-electron chi connectivity index (χ0n) is 10.4. The lowest BCUT2D eigenvalue weighted by atomic mass is 10.3. The molecule has 0 aliphatic heterocycles. The van der Waals surface area contributed by atoms with Gasteiger partial charge in [0.2, 0.25) is 10.0 Å². The zero-order valence-corrected chi connectivity index (χ0v) is 11.2. The van der Waals surface area contributed by atoms with Gasteiger partial charge in [0.25, 0.3) is 0 Å². The highest BCUT2D eigenvalue weighted by Gasteiger charge is 2.04. The molecule has 0 bridgehead atoms. The second-order valence-electron chi connectivity index (χ2n) is 4.11. The molecule has 104 valence electrons. The van der Waals surface area contributed by atoms with Crippen LogP contribution >= 0.6 is 0 Å². The van der Waals surface area contributed by atoms with E-state index in [9.17, 15) is 13.5 Å². The van der Waals surface area contributed by atoms with Crippen molar-refractivity contribution in [1.29, 1.82) is 0 Å². The van der Waals surface area contributed by atoms with Gasteiger partial charge in [0.05, 0.1) is 18.9 Å². The SMILES string of the molecule is CS(=O)(=O)NCCCNCC(O)Cn1cccn1. The van der Waals surface area contributed by atoms with Crippen molar-refractivity contribution in [3.8, 4) is 0 Å². The Morgan fingerprint density at radius 3 is 2.83 bits per heavy atom. The van der Waals surface area contributed by atoms with Crippen molar-refractivity contribution in [2.24, 2.45) is 0 Å². The first-order valence-electron chi connectivity index (χ1n) is 5.78. The Kier molecular flexibility index (Phi) is 6.27. The average Bonchev–Trinajstić information content (AvgIpc) is 2.74. The number of nitrogens with zero attached hydrogens (tertiary/aromatic N) is 2. The van der Waals surface area contributed by atoms with Crippen LogP contribution in [-0.4, -0.2) is 55.3 Å². The first-order chi connectivity index (χ1) is 8.47. The van der Waals surface area contributed by atoms with Crippen LogP contribution in [-0.2, 0) is 16.6 Å². The zero-order chi connectivity index (χ0) is 13.4. The molecule has 0 fully saturated rings. The normalized spacial score (nSPS) is 13.7. The summed E-state index contributed by atoms with van der Waals surface area (Å²) >= 11 is 0. The number of aliphatic hydroxyl groups is 1. The van der Waals surface area contributed by atoms with Crippen molar-refractivity contribution < 1.29 is 13.5 Å². The van der Waals surface area contributed by atoms with Crippen LogP contribution in [0.25, 0.3) is 0 Å². The summed E-state index contributed by atoms with van der Waals surface area (Å²) in [4.78, 5) is 0. The van der Waals surface area contributed by atoms with E-state index < -0.39 is 16.1 Å². The minimum atomic E-state index is -3.10. The third-order valence-electron chi connectivity index (χ3n) is 2.23. The summed E-state index contributed by atoms with van der Waals surface area (Å²) in [5.41, 5.74) is 0. The van der Waals surface area contributed by atoms with E-state index in [0.29, 0.717) is 32.6 Å². The van der Waals surface area contributed by atoms with Gasteiger partial charge in [-0.25, -0.2) is 13.1 Å². The number of hydrogen-bond donors (Lipinski definition) is 3. The molecule has 0 saturated heterocycles. The number of sulfonamides is 1. The summed E-state index contributed by atoms with van der Waals surface area (Å²) in [5, 5.41) is 16.7. The molecular weight excluding hydrogens is 256 g/mol. The van der Waals surface area contributed by atoms with Crippen LogP contribution in [0.2, 0.25) is 0 Å². The summed E-state index contributed by atoms with van der Waals surface area (Å²) in [7, 11) is -3.10. The van der Waals surface area contributed by atoms with Crippen LogP contribution in [0.4, 0.5) is 0 Å². The van der Waals surface area contributed by atoms with Crippen molar-refractivity contribution in [2.75, 3.05) is 25.9 Å². The predicted molar refractivity (Wildman–Crippen MR) is 68.6 cm³/mol. The Hall–Kier alpha value is -0.960. The molecule has 1 unspecified atom stereocenters. The van der Waals surface area contributed by atoms with Gasteiger partial charge in [-0.15, -0.1) is 0 Å². The first kappa shape index (κ1) is 15.1. The number of rotatable bonds is 9. The first-order valence-corrected chi connectivity index (χ1v) is 7.67. The van der Waals surface area contributed by atoms with Gasteiger partial charge in [0.1, 0.15) is 0 Å². The molecule has 1 aromatic heterocycles. The molecule has 0 amide bonds. The molecule has 1 rings (SSSR count). The smallest absolute Gasteiger partial charge is 0.208 e.